The van der Waals surface area contributed by atoms with Gasteiger partial charge in [0.05, 0.1) is 57.6 Å². The number of non-ortho nitro benzene ring substituents is 4. The van der Waals surface area contributed by atoms with Gasteiger partial charge < -0.3 is 43.5 Å². The number of aliphatic hydroxyl groups excluding tert-OH is 1. The molecule has 3 amide bonds. The van der Waals surface area contributed by atoms with Crippen molar-refractivity contribution in [1.82, 2.24) is 10.6 Å². The van der Waals surface area contributed by atoms with Gasteiger partial charge in [-0.25, -0.2) is 9.59 Å². The van der Waals surface area contributed by atoms with Crippen molar-refractivity contribution >= 4 is 54.9 Å². The van der Waals surface area contributed by atoms with Crippen LogP contribution in [0.3, 0.4) is 0 Å². The molecule has 0 atom stereocenters. The Morgan fingerprint density at radius 2 is 0.937 bits per heavy atom. The third-order valence-corrected chi connectivity index (χ3v) is 12.5. The van der Waals surface area contributed by atoms with Crippen molar-refractivity contribution in [3.63, 3.8) is 0 Å². The molecule has 0 aliphatic carbocycles. The third kappa shape index (κ3) is 40.2. The van der Waals surface area contributed by atoms with Crippen molar-refractivity contribution in [1.29, 1.82) is 10.5 Å². The first-order chi connectivity index (χ1) is 42.5. The quantitative estimate of drug-likeness (QED) is 0.0240. The molecule has 0 spiro atoms. The van der Waals surface area contributed by atoms with Crippen LogP contribution in [-0.2, 0) is 67.5 Å². The molecule has 527 valence electrons. The van der Waals surface area contributed by atoms with Crippen LogP contribution in [0.4, 0.5) is 42.4 Å². The number of nitrogens with one attached hydrogen (secondary N) is 2. The van der Waals surface area contributed by atoms with Gasteiger partial charge >= 0.3 is 12.2 Å². The van der Waals surface area contributed by atoms with E-state index in [0.717, 1.165) is 41.0 Å². The average molecular weight is 1420 g/mol. The Hall–Kier alpha value is -8.77. The summed E-state index contributed by atoms with van der Waals surface area (Å²) in [6.45, 7) is 30.4. The fourth-order valence-corrected chi connectivity index (χ4v) is 6.88. The van der Waals surface area contributed by atoms with Gasteiger partial charge in [-0.1, -0.05) is 95.8 Å². The van der Waals surface area contributed by atoms with Crippen molar-refractivity contribution in [2.75, 3.05) is 45.8 Å². The van der Waals surface area contributed by atoms with Crippen molar-refractivity contribution < 1.29 is 79.6 Å². The monoisotopic (exact) mass is 1420 g/mol. The minimum atomic E-state index is -1.00. The van der Waals surface area contributed by atoms with Crippen LogP contribution in [0.1, 0.15) is 153 Å². The second-order valence-corrected chi connectivity index (χ2v) is 24.1. The number of nitro groups is 4. The zero-order valence-corrected chi connectivity index (χ0v) is 58.2. The van der Waals surface area contributed by atoms with E-state index >= 15 is 0 Å². The molecule has 0 bridgehead atoms. The number of halogens is 1. The summed E-state index contributed by atoms with van der Waals surface area (Å²) >= 11 is 0. The fraction of sp³-hybridized carbons (Fsp3) is 0.463. The molecule has 1 saturated heterocycles. The number of benzene rings is 5. The summed E-state index contributed by atoms with van der Waals surface area (Å²) in [5.74, 6) is -0.420. The number of imide groups is 1. The topological polar surface area (TPSA) is 395 Å². The van der Waals surface area contributed by atoms with E-state index in [4.69, 9.17) is 42.7 Å². The van der Waals surface area contributed by atoms with Gasteiger partial charge in [-0.2, -0.15) is 10.5 Å². The van der Waals surface area contributed by atoms with Gasteiger partial charge in [0, 0.05) is 127 Å². The number of nitriles is 2. The number of alkyl carbamates (subject to hydrolysis) is 2. The van der Waals surface area contributed by atoms with Crippen LogP contribution in [-0.4, -0.2) is 103 Å². The summed E-state index contributed by atoms with van der Waals surface area (Å²) in [7, 11) is -1.00. The number of carbonyl (C=O) groups is 3. The molecule has 7 N–H and O–H groups in total. The fourth-order valence-electron chi connectivity index (χ4n) is 6.88. The van der Waals surface area contributed by atoms with E-state index in [1.165, 1.54) is 61.4 Å². The van der Waals surface area contributed by atoms with Crippen LogP contribution in [0.2, 0.25) is 0 Å². The third-order valence-electron chi connectivity index (χ3n) is 12.5. The van der Waals surface area contributed by atoms with Crippen LogP contribution in [0.25, 0.3) is 0 Å². The maximum Gasteiger partial charge on any atom is 0.414 e. The maximum absolute atomic E-state index is 12.2. The summed E-state index contributed by atoms with van der Waals surface area (Å²) in [5.41, 5.74) is 13.3. The zero-order chi connectivity index (χ0) is 71.3. The molecule has 1 aliphatic rings. The average Bonchev–Trinajstić information content (AvgIpc) is 0.851. The van der Waals surface area contributed by atoms with E-state index in [-0.39, 0.29) is 90.3 Å². The molecule has 0 aromatic heterocycles. The van der Waals surface area contributed by atoms with Crippen LogP contribution in [0.15, 0.2) is 121 Å². The molecule has 1 fully saturated rings. The van der Waals surface area contributed by atoms with Gasteiger partial charge in [0.2, 0.25) is 5.91 Å². The van der Waals surface area contributed by atoms with Crippen molar-refractivity contribution in [3.05, 3.63) is 197 Å². The Morgan fingerprint density at radius 1 is 0.621 bits per heavy atom. The summed E-state index contributed by atoms with van der Waals surface area (Å²) < 4.78 is 30.7. The van der Waals surface area contributed by atoms with Crippen molar-refractivity contribution in [2.24, 2.45) is 5.73 Å². The summed E-state index contributed by atoms with van der Waals surface area (Å²) in [4.78, 5) is 75.4. The number of hydrogen-bond acceptors (Lipinski definition) is 19. The number of hydrogen-bond donors (Lipinski definition) is 5. The molecule has 1 aliphatic heterocycles. The van der Waals surface area contributed by atoms with E-state index in [1.54, 1.807) is 149 Å². The molecule has 5 aromatic carbocycles. The Kier molecular flexibility index (Phi) is 47.1. The number of carbonyl (C=O) groups excluding carboxylic acids is 3. The number of nitro benzene ring substituents is 4. The minimum absolute atomic E-state index is 0. The molecular formula is C67H98BFN10O15Pd-. The van der Waals surface area contributed by atoms with Crippen LogP contribution >= 0.6 is 0 Å². The second-order valence-electron chi connectivity index (χ2n) is 24.1. The van der Waals surface area contributed by atoms with E-state index < -0.39 is 67.0 Å². The molecule has 5 aromatic rings. The van der Waals surface area contributed by atoms with Crippen molar-refractivity contribution in [3.8, 4) is 12.1 Å². The van der Waals surface area contributed by atoms with E-state index in [1.807, 2.05) is 33.8 Å². The van der Waals surface area contributed by atoms with Crippen molar-refractivity contribution in [2.45, 2.75) is 163 Å². The number of nitrogens with two attached hydrogens (primary N) is 2. The predicted molar refractivity (Wildman–Crippen MR) is 367 cm³/mol. The molecule has 1 heterocycles. The van der Waals surface area contributed by atoms with Gasteiger partial charge in [0.15, 0.2) is 0 Å². The molecule has 95 heavy (non-hydrogen) atoms. The molecule has 3 radical (unpaired) electrons. The summed E-state index contributed by atoms with van der Waals surface area (Å²) in [6, 6.07) is 35.9. The Balaban J connectivity index is -0.000000253. The number of ether oxygens (including phenoxy) is 3. The van der Waals surface area contributed by atoms with Gasteiger partial charge in [-0.15, -0.1) is 0 Å². The van der Waals surface area contributed by atoms with Gasteiger partial charge in [0.25, 0.3) is 22.7 Å². The number of amides is 3. The van der Waals surface area contributed by atoms with Gasteiger partial charge in [-0.3, -0.25) is 55.0 Å². The minimum Gasteiger partial charge on any atom is -0.444 e. The van der Waals surface area contributed by atoms with Crippen LogP contribution in [0, 0.1) is 70.5 Å². The number of nitrogen functional groups attached to an aromatic ring is 1. The standard InChI is InChI=1S/C15H22N2O4.C15H22N2O3.C10H14N2O2.C10H10N2O2.C8H6N2O2.C4H8O.C2H6O.CH3F.CH4.CH3.B.Pd/c1-14(2,3)21-13(18)16-10-15(4,5)11-6-8-12(9-7-11)17(19)20;1-14(2,3)20-13(19)17-12(18)15(4,5)10-6-8-11(16)9-7-10;2*1-10(2,7-11)8-3-5-9(6-4-8)12(13)14;9-6-5-7-1-3-8(4-2-7)10(11)12;1-2-4-5-3-1;1-2-3;1-2;;;;/h6-9H,10H2,1-5H3,(H,16,18);6-9H,16H2,1-5H3,(H,17,18,19);3-6H,7,11H2,1-2H3;3-6H,1-2H3;1-4H,5H2;1-4H2;3H,2H2,1H3;1H3;1H4;1H3;;/q;;;;;;;;;-1;;/i;;;;;;;1D;;;;. The van der Waals surface area contributed by atoms with Crippen LogP contribution < -0.4 is 22.1 Å². The largest absolute Gasteiger partial charge is 0.444 e. The van der Waals surface area contributed by atoms with Crippen LogP contribution in [0.5, 0.6) is 0 Å². The predicted octanol–water partition coefficient (Wildman–Crippen LogP) is 14.0. The molecule has 0 saturated carbocycles. The molecular weight excluding hydrogens is 1320 g/mol. The van der Waals surface area contributed by atoms with Gasteiger partial charge in [-0.05, 0) is 129 Å². The molecule has 0 unspecified atom stereocenters. The summed E-state index contributed by atoms with van der Waals surface area (Å²) in [5, 5.41) is 71.3. The second kappa shape index (κ2) is 47.2. The Labute approximate surface area is 577 Å². The van der Waals surface area contributed by atoms with Gasteiger partial charge in [0.1, 0.15) is 11.2 Å². The number of aliphatic hydroxyl groups is 1. The molecule has 6 rings (SSSR count). The number of anilines is 1. The first-order valence-corrected chi connectivity index (χ1v) is 28.4. The Morgan fingerprint density at radius 3 is 1.23 bits per heavy atom. The van der Waals surface area contributed by atoms with E-state index in [9.17, 15) is 59.2 Å². The number of alkyl halides is 1. The Bertz CT molecular complexity index is 3160. The summed E-state index contributed by atoms with van der Waals surface area (Å²) in [6.07, 6.45) is 1.63. The number of nitrogens with zero attached hydrogens (tertiary/aromatic N) is 6. The number of rotatable bonds is 13. The normalized spacial score (nSPS) is 11.1. The smallest absolute Gasteiger partial charge is 0.414 e. The SMILES string of the molecule is C.C1CCOC1.CC(C)(C#N)c1ccc([N+](=O)[O-])cc1.CC(C)(C)OC(=O)NC(=O)C(C)(C)c1ccc(N)cc1.CC(C)(C)OC(=O)NCC(C)(C)c1ccc([N+](=O)[O-])cc1.CC(C)(CN)c1ccc([N+](=O)[O-])cc1.CCO.N#CCc1ccc([N+](=O)[O-])cc1.[2H]CF.[B].[CH3-].[Pd]. The van der Waals surface area contributed by atoms with E-state index in [0.29, 0.717) is 18.8 Å². The maximum atomic E-state index is 12.2. The first-order valence-electron chi connectivity index (χ1n) is 29.1. The molecule has 25 nitrogen and oxygen atoms in total. The zero-order valence-electron chi connectivity index (χ0n) is 57.7. The molecule has 28 heteroatoms. The first kappa shape index (κ1) is 94.9. The van der Waals surface area contributed by atoms with E-state index in [2.05, 4.69) is 16.7 Å².